The quantitative estimate of drug-likeness (QED) is 0.776. The zero-order chi connectivity index (χ0) is 14.7. The Labute approximate surface area is 127 Å². The van der Waals surface area contributed by atoms with Crippen molar-refractivity contribution in [2.45, 2.75) is 13.1 Å². The lowest BCUT2D eigenvalue weighted by Gasteiger charge is -2.08. The van der Waals surface area contributed by atoms with Gasteiger partial charge in [0.25, 0.3) is 0 Å². The van der Waals surface area contributed by atoms with Crippen LogP contribution in [0.2, 0.25) is 5.02 Å². The molecule has 0 amide bonds. The van der Waals surface area contributed by atoms with Crippen LogP contribution in [0.15, 0.2) is 54.7 Å². The topological polar surface area (TPSA) is 24.9 Å². The predicted molar refractivity (Wildman–Crippen MR) is 83.7 cm³/mol. The number of nitrogens with zero attached hydrogens (tertiary/aromatic N) is 1. The molecule has 106 valence electrons. The summed E-state index contributed by atoms with van der Waals surface area (Å²) in [5.74, 6) is -0.390. The van der Waals surface area contributed by atoms with E-state index in [2.05, 4.69) is 16.4 Å². The van der Waals surface area contributed by atoms with Crippen molar-refractivity contribution < 1.29 is 4.39 Å². The summed E-state index contributed by atoms with van der Waals surface area (Å²) < 4.78 is 13.1. The number of halogens is 2. The second-order valence-corrected chi connectivity index (χ2v) is 5.25. The molecule has 1 aromatic heterocycles. The minimum absolute atomic E-state index is 0.154. The molecule has 0 saturated carbocycles. The average Bonchev–Trinajstić information content (AvgIpc) is 2.51. The van der Waals surface area contributed by atoms with Crippen molar-refractivity contribution in [1.82, 2.24) is 10.3 Å². The van der Waals surface area contributed by atoms with Gasteiger partial charge in [0.1, 0.15) is 5.82 Å². The Morgan fingerprint density at radius 1 is 1.05 bits per heavy atom. The maximum Gasteiger partial charge on any atom is 0.141 e. The van der Waals surface area contributed by atoms with Crippen molar-refractivity contribution in [3.8, 4) is 0 Å². The molecule has 21 heavy (non-hydrogen) atoms. The smallest absolute Gasteiger partial charge is 0.141 e. The minimum atomic E-state index is -0.390. The molecule has 3 aromatic rings. The van der Waals surface area contributed by atoms with E-state index in [0.717, 1.165) is 22.0 Å². The third-order valence-electron chi connectivity index (χ3n) is 3.34. The second kappa shape index (κ2) is 6.20. The fourth-order valence-corrected chi connectivity index (χ4v) is 2.50. The summed E-state index contributed by atoms with van der Waals surface area (Å²) in [6, 6.07) is 14.9. The van der Waals surface area contributed by atoms with Gasteiger partial charge in [-0.1, -0.05) is 41.9 Å². The van der Waals surface area contributed by atoms with Gasteiger partial charge in [0.15, 0.2) is 0 Å². The van der Waals surface area contributed by atoms with Crippen molar-refractivity contribution in [2.75, 3.05) is 0 Å². The molecule has 0 spiro atoms. The SMILES string of the molecule is Fc1ccc(CNCc2cccc3cccnc23)cc1Cl. The van der Waals surface area contributed by atoms with E-state index >= 15 is 0 Å². The number of fused-ring (bicyclic) bond motifs is 1. The van der Waals surface area contributed by atoms with Crippen LogP contribution in [0.1, 0.15) is 11.1 Å². The molecule has 1 heterocycles. The Morgan fingerprint density at radius 2 is 1.90 bits per heavy atom. The lowest BCUT2D eigenvalue weighted by atomic mass is 10.1. The van der Waals surface area contributed by atoms with Crippen molar-refractivity contribution in [2.24, 2.45) is 0 Å². The van der Waals surface area contributed by atoms with Crippen molar-refractivity contribution in [3.05, 3.63) is 76.7 Å². The summed E-state index contributed by atoms with van der Waals surface area (Å²) in [5.41, 5.74) is 3.10. The third-order valence-corrected chi connectivity index (χ3v) is 3.63. The van der Waals surface area contributed by atoms with Crippen molar-refractivity contribution >= 4 is 22.5 Å². The molecule has 0 unspecified atom stereocenters. The first kappa shape index (κ1) is 14.0. The standard InChI is InChI=1S/C17H14ClFN2/c18-15-9-12(6-7-16(15)19)10-20-11-14-4-1-3-13-5-2-8-21-17(13)14/h1-9,20H,10-11H2. The van der Waals surface area contributed by atoms with Gasteiger partial charge in [0, 0.05) is 24.7 Å². The lowest BCUT2D eigenvalue weighted by Crippen LogP contribution is -2.13. The van der Waals surface area contributed by atoms with E-state index < -0.39 is 5.82 Å². The second-order valence-electron chi connectivity index (χ2n) is 4.84. The van der Waals surface area contributed by atoms with E-state index in [1.165, 1.54) is 6.07 Å². The Balaban J connectivity index is 1.70. The van der Waals surface area contributed by atoms with Gasteiger partial charge < -0.3 is 5.32 Å². The van der Waals surface area contributed by atoms with Gasteiger partial charge in [-0.15, -0.1) is 0 Å². The van der Waals surface area contributed by atoms with Gasteiger partial charge >= 0.3 is 0 Å². The maximum atomic E-state index is 13.1. The summed E-state index contributed by atoms with van der Waals surface area (Å²) in [6.45, 7) is 1.33. The monoisotopic (exact) mass is 300 g/mol. The van der Waals surface area contributed by atoms with Crippen LogP contribution >= 0.6 is 11.6 Å². The Kier molecular flexibility index (Phi) is 4.13. The molecule has 0 fully saturated rings. The number of pyridine rings is 1. The highest BCUT2D eigenvalue weighted by atomic mass is 35.5. The molecule has 0 bridgehead atoms. The average molecular weight is 301 g/mol. The molecule has 3 rings (SSSR count). The van der Waals surface area contributed by atoms with E-state index in [1.54, 1.807) is 18.3 Å². The summed E-state index contributed by atoms with van der Waals surface area (Å²) in [5, 5.41) is 4.62. The van der Waals surface area contributed by atoms with E-state index in [1.807, 2.05) is 24.3 Å². The van der Waals surface area contributed by atoms with E-state index in [0.29, 0.717) is 13.1 Å². The number of para-hydroxylation sites is 1. The van der Waals surface area contributed by atoms with Gasteiger partial charge in [-0.3, -0.25) is 4.98 Å². The number of nitrogens with one attached hydrogen (secondary N) is 1. The number of benzene rings is 2. The molecule has 0 aliphatic carbocycles. The molecule has 2 aromatic carbocycles. The molecule has 2 nitrogen and oxygen atoms in total. The number of hydrogen-bond donors (Lipinski definition) is 1. The molecular weight excluding hydrogens is 287 g/mol. The zero-order valence-electron chi connectivity index (χ0n) is 11.3. The highest BCUT2D eigenvalue weighted by Crippen LogP contribution is 2.17. The van der Waals surface area contributed by atoms with Crippen LogP contribution in [0.4, 0.5) is 4.39 Å². The van der Waals surface area contributed by atoms with Crippen LogP contribution in [-0.4, -0.2) is 4.98 Å². The third kappa shape index (κ3) is 3.20. The summed E-state index contributed by atoms with van der Waals surface area (Å²) >= 11 is 5.78. The van der Waals surface area contributed by atoms with Crippen LogP contribution in [0, 0.1) is 5.82 Å². The number of rotatable bonds is 4. The number of aromatic nitrogens is 1. The first-order chi connectivity index (χ1) is 10.2. The predicted octanol–water partition coefficient (Wildman–Crippen LogP) is 4.32. The van der Waals surface area contributed by atoms with Crippen LogP contribution in [0.3, 0.4) is 0 Å². The Hall–Kier alpha value is -1.97. The van der Waals surface area contributed by atoms with Crippen molar-refractivity contribution in [3.63, 3.8) is 0 Å². The largest absolute Gasteiger partial charge is 0.309 e. The highest BCUT2D eigenvalue weighted by molar-refractivity contribution is 6.30. The molecule has 0 radical (unpaired) electrons. The van der Waals surface area contributed by atoms with Crippen molar-refractivity contribution in [1.29, 1.82) is 0 Å². The van der Waals surface area contributed by atoms with Gasteiger partial charge in [0.05, 0.1) is 10.5 Å². The van der Waals surface area contributed by atoms with Gasteiger partial charge in [-0.05, 0) is 29.3 Å². The summed E-state index contributed by atoms with van der Waals surface area (Å²) in [6.07, 6.45) is 1.80. The minimum Gasteiger partial charge on any atom is -0.309 e. The lowest BCUT2D eigenvalue weighted by molar-refractivity contribution is 0.625. The van der Waals surface area contributed by atoms with Crippen LogP contribution < -0.4 is 5.32 Å². The fourth-order valence-electron chi connectivity index (χ4n) is 2.30. The molecule has 0 aliphatic rings. The molecule has 0 saturated heterocycles. The van der Waals surface area contributed by atoms with Gasteiger partial charge in [-0.25, -0.2) is 4.39 Å². The zero-order valence-corrected chi connectivity index (χ0v) is 12.1. The fraction of sp³-hybridized carbons (Fsp3) is 0.118. The molecular formula is C17H14ClFN2. The van der Waals surface area contributed by atoms with Gasteiger partial charge in [-0.2, -0.15) is 0 Å². The van der Waals surface area contributed by atoms with Crippen LogP contribution in [0.25, 0.3) is 10.9 Å². The van der Waals surface area contributed by atoms with Crippen LogP contribution in [0.5, 0.6) is 0 Å². The van der Waals surface area contributed by atoms with E-state index in [9.17, 15) is 4.39 Å². The summed E-state index contributed by atoms with van der Waals surface area (Å²) in [4.78, 5) is 4.42. The van der Waals surface area contributed by atoms with E-state index in [-0.39, 0.29) is 5.02 Å². The van der Waals surface area contributed by atoms with Crippen LogP contribution in [-0.2, 0) is 13.1 Å². The highest BCUT2D eigenvalue weighted by Gasteiger charge is 2.03. The molecule has 1 N–H and O–H groups in total. The molecule has 0 atom stereocenters. The van der Waals surface area contributed by atoms with Gasteiger partial charge in [0.2, 0.25) is 0 Å². The summed E-state index contributed by atoms with van der Waals surface area (Å²) in [7, 11) is 0. The maximum absolute atomic E-state index is 13.1. The molecule has 4 heteroatoms. The number of hydrogen-bond acceptors (Lipinski definition) is 2. The van der Waals surface area contributed by atoms with E-state index in [4.69, 9.17) is 11.6 Å². The first-order valence-corrected chi connectivity index (χ1v) is 7.09. The Bertz CT molecular complexity index is 768. The Morgan fingerprint density at radius 3 is 2.76 bits per heavy atom. The normalized spacial score (nSPS) is 11.0. The first-order valence-electron chi connectivity index (χ1n) is 6.71. The molecule has 0 aliphatic heterocycles.